The fraction of sp³-hybridized carbons (Fsp3) is 0.923. The van der Waals surface area contributed by atoms with E-state index in [1.54, 1.807) is 0 Å². The minimum atomic E-state index is -0.164. The molecule has 2 aliphatic rings. The van der Waals surface area contributed by atoms with Gasteiger partial charge >= 0.3 is 0 Å². The maximum atomic E-state index is 12.2. The van der Waals surface area contributed by atoms with Crippen LogP contribution < -0.4 is 5.32 Å². The first-order chi connectivity index (χ1) is 8.66. The Morgan fingerprint density at radius 1 is 1.56 bits per heavy atom. The normalized spacial score (nSPS) is 28.9. The number of carbonyl (C=O) groups is 1. The Hall–Kier alpha value is -0.650. The Morgan fingerprint density at radius 3 is 3.06 bits per heavy atom. The molecule has 5 nitrogen and oxygen atoms in total. The fourth-order valence-corrected chi connectivity index (χ4v) is 2.34. The van der Waals surface area contributed by atoms with E-state index in [1.165, 1.54) is 0 Å². The van der Waals surface area contributed by atoms with Crippen LogP contribution in [0.5, 0.6) is 0 Å². The van der Waals surface area contributed by atoms with E-state index in [-0.39, 0.29) is 18.1 Å². The predicted octanol–water partition coefficient (Wildman–Crippen LogP) is 0.248. The molecule has 2 rings (SSSR count). The van der Waals surface area contributed by atoms with Gasteiger partial charge in [-0.05, 0) is 12.3 Å². The first kappa shape index (κ1) is 13.8. The molecule has 0 bridgehead atoms. The second-order valence-electron chi connectivity index (χ2n) is 5.50. The summed E-state index contributed by atoms with van der Waals surface area (Å²) >= 11 is 0. The van der Waals surface area contributed by atoms with E-state index < -0.39 is 0 Å². The summed E-state index contributed by atoms with van der Waals surface area (Å²) in [5.41, 5.74) is 0. The standard InChI is InChI=1S/C13H24N2O3/c1-10(2)8-18-11-3-5-15(7-11)13(16)12-9-17-6-4-14-12/h10-12,14H,3-9H2,1-2H3. The minimum Gasteiger partial charge on any atom is -0.378 e. The molecule has 0 aliphatic carbocycles. The maximum Gasteiger partial charge on any atom is 0.242 e. The molecule has 104 valence electrons. The van der Waals surface area contributed by atoms with E-state index in [0.29, 0.717) is 19.1 Å². The van der Waals surface area contributed by atoms with Gasteiger partial charge in [-0.2, -0.15) is 0 Å². The van der Waals surface area contributed by atoms with Crippen LogP contribution in [0.3, 0.4) is 0 Å². The van der Waals surface area contributed by atoms with Gasteiger partial charge in [-0.3, -0.25) is 4.79 Å². The zero-order valence-corrected chi connectivity index (χ0v) is 11.4. The van der Waals surface area contributed by atoms with Crippen molar-refractivity contribution in [2.75, 3.05) is 39.5 Å². The Morgan fingerprint density at radius 2 is 2.39 bits per heavy atom. The maximum absolute atomic E-state index is 12.2. The van der Waals surface area contributed by atoms with Crippen LogP contribution in [0.25, 0.3) is 0 Å². The van der Waals surface area contributed by atoms with Crippen molar-refractivity contribution in [3.63, 3.8) is 0 Å². The molecule has 2 saturated heterocycles. The number of morpholine rings is 1. The number of nitrogens with one attached hydrogen (secondary N) is 1. The summed E-state index contributed by atoms with van der Waals surface area (Å²) in [6, 6.07) is -0.164. The van der Waals surface area contributed by atoms with Gasteiger partial charge in [0, 0.05) is 26.2 Å². The van der Waals surface area contributed by atoms with E-state index >= 15 is 0 Å². The van der Waals surface area contributed by atoms with Crippen molar-refractivity contribution >= 4 is 5.91 Å². The van der Waals surface area contributed by atoms with Crippen LogP contribution >= 0.6 is 0 Å². The number of nitrogens with zero attached hydrogens (tertiary/aromatic N) is 1. The van der Waals surface area contributed by atoms with E-state index in [1.807, 2.05) is 4.90 Å². The van der Waals surface area contributed by atoms with Crippen molar-refractivity contribution in [3.05, 3.63) is 0 Å². The Bertz CT molecular complexity index is 277. The first-order valence-electron chi connectivity index (χ1n) is 6.88. The number of likely N-dealkylation sites (tertiary alicyclic amines) is 1. The molecule has 1 N–H and O–H groups in total. The Labute approximate surface area is 109 Å². The topological polar surface area (TPSA) is 50.8 Å². The Kier molecular flexibility index (Phi) is 4.97. The summed E-state index contributed by atoms with van der Waals surface area (Å²) in [5.74, 6) is 0.702. The lowest BCUT2D eigenvalue weighted by Gasteiger charge is -2.27. The smallest absolute Gasteiger partial charge is 0.242 e. The van der Waals surface area contributed by atoms with Gasteiger partial charge < -0.3 is 19.7 Å². The summed E-state index contributed by atoms with van der Waals surface area (Å²) in [6.45, 7) is 8.54. The SMILES string of the molecule is CC(C)COC1CCN(C(=O)C2COCCN2)C1. The molecule has 0 aromatic heterocycles. The molecule has 0 aromatic carbocycles. The second kappa shape index (κ2) is 6.50. The highest BCUT2D eigenvalue weighted by atomic mass is 16.5. The molecule has 0 aromatic rings. The predicted molar refractivity (Wildman–Crippen MR) is 68.4 cm³/mol. The van der Waals surface area contributed by atoms with Crippen LogP contribution in [-0.4, -0.2) is 62.4 Å². The van der Waals surface area contributed by atoms with Crippen LogP contribution in [0.4, 0.5) is 0 Å². The summed E-state index contributed by atoms with van der Waals surface area (Å²) in [4.78, 5) is 14.1. The van der Waals surface area contributed by atoms with Gasteiger partial charge in [0.1, 0.15) is 6.04 Å². The van der Waals surface area contributed by atoms with E-state index in [9.17, 15) is 4.79 Å². The number of hydrogen-bond donors (Lipinski definition) is 1. The molecule has 1 amide bonds. The molecule has 0 saturated carbocycles. The van der Waals surface area contributed by atoms with Gasteiger partial charge in [0.25, 0.3) is 0 Å². The lowest BCUT2D eigenvalue weighted by atomic mass is 10.2. The summed E-state index contributed by atoms with van der Waals surface area (Å²) in [5, 5.41) is 3.20. The summed E-state index contributed by atoms with van der Waals surface area (Å²) < 4.78 is 11.1. The first-order valence-corrected chi connectivity index (χ1v) is 6.88. The van der Waals surface area contributed by atoms with Crippen molar-refractivity contribution in [2.45, 2.75) is 32.4 Å². The van der Waals surface area contributed by atoms with Crippen LogP contribution in [0.15, 0.2) is 0 Å². The third kappa shape index (κ3) is 3.67. The number of amides is 1. The van der Waals surface area contributed by atoms with Crippen LogP contribution in [-0.2, 0) is 14.3 Å². The molecule has 2 fully saturated rings. The second-order valence-corrected chi connectivity index (χ2v) is 5.50. The van der Waals surface area contributed by atoms with Crippen molar-refractivity contribution in [1.29, 1.82) is 0 Å². The van der Waals surface area contributed by atoms with Gasteiger partial charge in [-0.1, -0.05) is 13.8 Å². The largest absolute Gasteiger partial charge is 0.378 e. The molecular formula is C13H24N2O3. The summed E-state index contributed by atoms with van der Waals surface area (Å²) in [6.07, 6.45) is 1.16. The number of hydrogen-bond acceptors (Lipinski definition) is 4. The zero-order valence-electron chi connectivity index (χ0n) is 11.4. The van der Waals surface area contributed by atoms with Crippen molar-refractivity contribution in [3.8, 4) is 0 Å². The molecule has 2 unspecified atom stereocenters. The zero-order chi connectivity index (χ0) is 13.0. The third-order valence-corrected chi connectivity index (χ3v) is 3.34. The average molecular weight is 256 g/mol. The van der Waals surface area contributed by atoms with Gasteiger partial charge in [-0.25, -0.2) is 0 Å². The molecule has 18 heavy (non-hydrogen) atoms. The van der Waals surface area contributed by atoms with Gasteiger partial charge in [-0.15, -0.1) is 0 Å². The molecule has 2 aliphatic heterocycles. The third-order valence-electron chi connectivity index (χ3n) is 3.34. The lowest BCUT2D eigenvalue weighted by Crippen LogP contribution is -2.52. The van der Waals surface area contributed by atoms with Gasteiger partial charge in [0.15, 0.2) is 0 Å². The highest BCUT2D eigenvalue weighted by Gasteiger charge is 2.32. The van der Waals surface area contributed by atoms with E-state index in [2.05, 4.69) is 19.2 Å². The van der Waals surface area contributed by atoms with Crippen molar-refractivity contribution < 1.29 is 14.3 Å². The number of ether oxygens (including phenoxy) is 2. The van der Waals surface area contributed by atoms with Gasteiger partial charge in [0.05, 0.1) is 19.3 Å². The van der Waals surface area contributed by atoms with Crippen LogP contribution in [0, 0.1) is 5.92 Å². The van der Waals surface area contributed by atoms with Crippen molar-refractivity contribution in [2.24, 2.45) is 5.92 Å². The van der Waals surface area contributed by atoms with Gasteiger partial charge in [0.2, 0.25) is 5.91 Å². The molecule has 2 atom stereocenters. The molecule has 0 spiro atoms. The quantitative estimate of drug-likeness (QED) is 0.783. The lowest BCUT2D eigenvalue weighted by molar-refractivity contribution is -0.135. The van der Waals surface area contributed by atoms with E-state index in [0.717, 1.165) is 32.7 Å². The molecule has 2 heterocycles. The molecule has 5 heteroatoms. The molecule has 0 radical (unpaired) electrons. The van der Waals surface area contributed by atoms with E-state index in [4.69, 9.17) is 9.47 Å². The number of rotatable bonds is 4. The van der Waals surface area contributed by atoms with Crippen molar-refractivity contribution in [1.82, 2.24) is 10.2 Å². The molecular weight excluding hydrogens is 232 g/mol. The van der Waals surface area contributed by atoms with Crippen LogP contribution in [0.1, 0.15) is 20.3 Å². The van der Waals surface area contributed by atoms with Crippen LogP contribution in [0.2, 0.25) is 0 Å². The highest BCUT2D eigenvalue weighted by Crippen LogP contribution is 2.15. The number of carbonyl (C=O) groups excluding carboxylic acids is 1. The fourth-order valence-electron chi connectivity index (χ4n) is 2.34. The summed E-state index contributed by atoms with van der Waals surface area (Å²) in [7, 11) is 0. The minimum absolute atomic E-state index is 0.158. The average Bonchev–Trinajstić information content (AvgIpc) is 2.85. The monoisotopic (exact) mass is 256 g/mol. The Balaban J connectivity index is 1.75. The highest BCUT2D eigenvalue weighted by molar-refractivity contribution is 5.82.